The molecule has 9 rings (SSSR count). The largest absolute Gasteiger partial charge is 0.388 e. The number of hydrogen-bond acceptors (Lipinski definition) is 11. The highest BCUT2D eigenvalue weighted by molar-refractivity contribution is 5.18. The van der Waals surface area contributed by atoms with Gasteiger partial charge in [0, 0.05) is 6.42 Å². The Balaban J connectivity index is 0.966. The van der Waals surface area contributed by atoms with E-state index in [0.29, 0.717) is 39.3 Å². The molecule has 0 radical (unpaired) electrons. The standard InChI is InChI=1S/C62H72O11/c1-44-32-33-51(34-53-57(63)61(69-40-49-28-16-6-17-29-49)59(67-38-47-24-12-4-13-25-47)55(72-53)42-65-36-45-20-8-2-9-21-45)52(71-44)35-54-58(64)62(70-41-50-30-18-7-19-31-50)60(68-39-48-26-14-5-15-27-48)56(73-54)43-66-37-46-22-10-3-11-23-46/h2-31,44,51-64H,32-43H2,1H3/t44-,51+,52+,53+,54+,55-,56-,57+,58+,59-,60-,61-,62-/m1/s1. The Morgan fingerprint density at radius 3 is 1.03 bits per heavy atom. The van der Waals surface area contributed by atoms with Gasteiger partial charge in [-0.3, -0.25) is 0 Å². The van der Waals surface area contributed by atoms with Gasteiger partial charge in [0.15, 0.2) is 0 Å². The maximum atomic E-state index is 12.6. The van der Waals surface area contributed by atoms with Crippen molar-refractivity contribution in [3.8, 4) is 0 Å². The summed E-state index contributed by atoms with van der Waals surface area (Å²) in [6, 6.07) is 60.1. The topological polar surface area (TPSA) is 124 Å². The van der Waals surface area contributed by atoms with Gasteiger partial charge >= 0.3 is 0 Å². The zero-order valence-electron chi connectivity index (χ0n) is 41.9. The van der Waals surface area contributed by atoms with Crippen LogP contribution >= 0.6 is 0 Å². The number of aliphatic hydroxyl groups is 2. The molecule has 13 atom stereocenters. The maximum absolute atomic E-state index is 12.6. The van der Waals surface area contributed by atoms with Gasteiger partial charge in [0.05, 0.1) is 77.3 Å². The summed E-state index contributed by atoms with van der Waals surface area (Å²) in [6.45, 7) is 4.45. The fraction of sp³-hybridized carbons (Fsp3) is 0.419. The van der Waals surface area contributed by atoms with E-state index >= 15 is 0 Å². The second-order valence-corrected chi connectivity index (χ2v) is 19.7. The summed E-state index contributed by atoms with van der Waals surface area (Å²) in [5.74, 6) is -0.0716. The van der Waals surface area contributed by atoms with Crippen LogP contribution in [-0.2, 0) is 82.3 Å². The molecule has 3 fully saturated rings. The van der Waals surface area contributed by atoms with E-state index < -0.39 is 61.0 Å². The molecule has 3 heterocycles. The maximum Gasteiger partial charge on any atom is 0.115 e. The van der Waals surface area contributed by atoms with Gasteiger partial charge in [-0.25, -0.2) is 0 Å². The van der Waals surface area contributed by atoms with Gasteiger partial charge in [-0.1, -0.05) is 182 Å². The molecule has 3 saturated heterocycles. The predicted molar refractivity (Wildman–Crippen MR) is 278 cm³/mol. The Kier molecular flexibility index (Phi) is 19.8. The fourth-order valence-electron chi connectivity index (χ4n) is 10.4. The number of hydrogen-bond donors (Lipinski definition) is 2. The van der Waals surface area contributed by atoms with Gasteiger partial charge in [0.2, 0.25) is 0 Å². The van der Waals surface area contributed by atoms with Gasteiger partial charge in [-0.05, 0) is 65.5 Å². The normalized spacial score (nSPS) is 28.4. The molecule has 11 heteroatoms. The zero-order valence-corrected chi connectivity index (χ0v) is 41.9. The lowest BCUT2D eigenvalue weighted by Gasteiger charge is -2.48. The summed E-state index contributed by atoms with van der Waals surface area (Å²) in [6.07, 6.45) is -5.36. The molecule has 0 unspecified atom stereocenters. The van der Waals surface area contributed by atoms with Crippen molar-refractivity contribution in [2.45, 2.75) is 145 Å². The second-order valence-electron chi connectivity index (χ2n) is 19.7. The minimum atomic E-state index is -1.07. The third-order valence-corrected chi connectivity index (χ3v) is 14.3. The lowest BCUT2D eigenvalue weighted by Crippen LogP contribution is -2.62. The molecule has 6 aromatic carbocycles. The van der Waals surface area contributed by atoms with E-state index in [1.54, 1.807) is 0 Å². The summed E-state index contributed by atoms with van der Waals surface area (Å²) >= 11 is 0. The molecule has 0 aliphatic carbocycles. The van der Waals surface area contributed by atoms with Crippen molar-refractivity contribution >= 4 is 0 Å². The van der Waals surface area contributed by atoms with Crippen molar-refractivity contribution in [1.82, 2.24) is 0 Å². The summed E-state index contributed by atoms with van der Waals surface area (Å²) in [7, 11) is 0. The van der Waals surface area contributed by atoms with Crippen molar-refractivity contribution < 1.29 is 52.8 Å². The van der Waals surface area contributed by atoms with E-state index in [2.05, 4.69) is 6.92 Å². The van der Waals surface area contributed by atoms with E-state index in [-0.39, 0.29) is 44.6 Å². The van der Waals surface area contributed by atoms with E-state index in [1.165, 1.54) is 0 Å². The SMILES string of the molecule is C[C@@H]1CC[C@@H](C[C@@H]2O[C@H](COCc3ccccc3)[C@@H](OCc3ccccc3)[C@H](OCc3ccccc3)[C@H]2O)[C@H](C[C@@H]2O[C@H](COCc3ccccc3)[C@@H](OCc3ccccc3)[C@H](OCc3ccccc3)[C@H]2O)O1. The lowest BCUT2D eigenvalue weighted by molar-refractivity contribution is -0.273. The smallest absolute Gasteiger partial charge is 0.115 e. The fourth-order valence-corrected chi connectivity index (χ4v) is 10.4. The molecule has 11 nitrogen and oxygen atoms in total. The summed E-state index contributed by atoms with van der Waals surface area (Å²) in [5, 5.41) is 25.1. The first kappa shape index (κ1) is 52.7. The van der Waals surface area contributed by atoms with Crippen molar-refractivity contribution in [2.75, 3.05) is 13.2 Å². The molecule has 73 heavy (non-hydrogen) atoms. The van der Waals surface area contributed by atoms with Crippen LogP contribution in [0.5, 0.6) is 0 Å². The van der Waals surface area contributed by atoms with Gasteiger partial charge in [0.25, 0.3) is 0 Å². The van der Waals surface area contributed by atoms with E-state index in [0.717, 1.165) is 46.2 Å². The highest BCUT2D eigenvalue weighted by Crippen LogP contribution is 2.39. The molecular formula is C62H72O11. The Labute approximate surface area is 431 Å². The van der Waals surface area contributed by atoms with Gasteiger partial charge in [0.1, 0.15) is 48.8 Å². The van der Waals surface area contributed by atoms with Crippen LogP contribution in [0.3, 0.4) is 0 Å². The minimum absolute atomic E-state index is 0.0341. The van der Waals surface area contributed by atoms with Crippen LogP contribution < -0.4 is 0 Å². The van der Waals surface area contributed by atoms with Gasteiger partial charge in [-0.2, -0.15) is 0 Å². The average Bonchev–Trinajstić information content (AvgIpc) is 3.43. The molecule has 3 aliphatic rings. The first-order valence-corrected chi connectivity index (χ1v) is 26.1. The first-order chi connectivity index (χ1) is 35.9. The van der Waals surface area contributed by atoms with Crippen LogP contribution in [0.25, 0.3) is 0 Å². The van der Waals surface area contributed by atoms with Crippen molar-refractivity contribution in [2.24, 2.45) is 5.92 Å². The molecular weight excluding hydrogens is 921 g/mol. The number of rotatable bonds is 24. The van der Waals surface area contributed by atoms with E-state index in [1.807, 2.05) is 182 Å². The van der Waals surface area contributed by atoms with E-state index in [4.69, 9.17) is 42.6 Å². The van der Waals surface area contributed by atoms with Crippen LogP contribution in [0.4, 0.5) is 0 Å². The molecule has 0 amide bonds. The molecule has 0 aromatic heterocycles. The number of ether oxygens (including phenoxy) is 9. The van der Waals surface area contributed by atoms with Crippen molar-refractivity contribution in [1.29, 1.82) is 0 Å². The Hall–Kier alpha value is -5.12. The summed E-state index contributed by atoms with van der Waals surface area (Å²) < 4.78 is 60.6. The average molecular weight is 993 g/mol. The molecule has 0 spiro atoms. The van der Waals surface area contributed by atoms with Gasteiger partial charge < -0.3 is 52.8 Å². The van der Waals surface area contributed by atoms with Crippen LogP contribution in [-0.4, -0.2) is 96.7 Å². The molecule has 0 saturated carbocycles. The monoisotopic (exact) mass is 993 g/mol. The molecule has 386 valence electrons. The first-order valence-electron chi connectivity index (χ1n) is 26.1. The molecule has 3 aliphatic heterocycles. The zero-order chi connectivity index (χ0) is 50.0. The Bertz CT molecular complexity index is 2440. The Morgan fingerprint density at radius 1 is 0.356 bits per heavy atom. The number of benzene rings is 6. The quantitative estimate of drug-likeness (QED) is 0.0603. The van der Waals surface area contributed by atoms with Gasteiger partial charge in [-0.15, -0.1) is 0 Å². The lowest BCUT2D eigenvalue weighted by atomic mass is 9.80. The number of aliphatic hydroxyl groups excluding tert-OH is 2. The van der Waals surface area contributed by atoms with Crippen LogP contribution in [0.15, 0.2) is 182 Å². The minimum Gasteiger partial charge on any atom is -0.388 e. The van der Waals surface area contributed by atoms with Crippen LogP contribution in [0, 0.1) is 5.92 Å². The third kappa shape index (κ3) is 15.2. The van der Waals surface area contributed by atoms with E-state index in [9.17, 15) is 10.2 Å². The third-order valence-electron chi connectivity index (χ3n) is 14.3. The second kappa shape index (κ2) is 27.4. The summed E-state index contributed by atoms with van der Waals surface area (Å²) in [4.78, 5) is 0. The molecule has 6 aromatic rings. The summed E-state index contributed by atoms with van der Waals surface area (Å²) in [5.41, 5.74) is 6.05. The van der Waals surface area contributed by atoms with Crippen LogP contribution in [0.1, 0.15) is 66.0 Å². The van der Waals surface area contributed by atoms with Crippen molar-refractivity contribution in [3.63, 3.8) is 0 Å². The molecule has 2 N–H and O–H groups in total. The Morgan fingerprint density at radius 2 is 0.671 bits per heavy atom. The molecule has 0 bridgehead atoms. The highest BCUT2D eigenvalue weighted by atomic mass is 16.6. The highest BCUT2D eigenvalue weighted by Gasteiger charge is 2.51. The van der Waals surface area contributed by atoms with Crippen molar-refractivity contribution in [3.05, 3.63) is 215 Å². The van der Waals surface area contributed by atoms with Crippen LogP contribution in [0.2, 0.25) is 0 Å². The predicted octanol–water partition coefficient (Wildman–Crippen LogP) is 9.98.